The van der Waals surface area contributed by atoms with Crippen molar-refractivity contribution < 1.29 is 31.1 Å². The average molecular weight is 897 g/mol. The van der Waals surface area contributed by atoms with Crippen molar-refractivity contribution in [2.45, 2.75) is 18.7 Å². The van der Waals surface area contributed by atoms with Crippen LogP contribution in [0.2, 0.25) is 5.02 Å². The first-order chi connectivity index (χ1) is 31.4. The number of carbonyl (C=O) groups excluding carboxylic acids is 1. The summed E-state index contributed by atoms with van der Waals surface area (Å²) in [4.78, 5) is 22.7. The summed E-state index contributed by atoms with van der Waals surface area (Å²) in [6, 6.07) is 16.4. The van der Waals surface area contributed by atoms with E-state index in [9.17, 15) is 22.9 Å². The molecule has 10 nitrogen and oxygen atoms in total. The van der Waals surface area contributed by atoms with Gasteiger partial charge in [0.25, 0.3) is 21.6 Å². The highest BCUT2D eigenvalue weighted by atomic mass is 35.5. The maximum Gasteiger partial charge on any atom is 0.275 e. The Kier molecular flexibility index (Phi) is 17.8. The van der Waals surface area contributed by atoms with E-state index >= 15 is 8.78 Å². The molecule has 0 aromatic heterocycles. The van der Waals surface area contributed by atoms with Crippen LogP contribution in [0, 0.1) is 143 Å². The second kappa shape index (κ2) is 24.0. The number of benzene rings is 4. The fourth-order valence-electron chi connectivity index (χ4n) is 5.07. The summed E-state index contributed by atoms with van der Waals surface area (Å²) in [6.07, 6.45) is 7.22. The molecule has 0 atom stereocenters. The maximum absolute atomic E-state index is 16.0. The first-order valence-electron chi connectivity index (χ1n) is 18.2. The van der Waals surface area contributed by atoms with Gasteiger partial charge in [-0.2, -0.15) is 5.26 Å². The minimum atomic E-state index is -4.46. The predicted octanol–water partition coefficient (Wildman–Crippen LogP) is 7.58. The number of aliphatic imine (C=N–C) groups is 1. The molecule has 4 rings (SSSR count). The number of hydrogen-bond acceptors (Lipinski definition) is 7. The van der Waals surface area contributed by atoms with Crippen LogP contribution in [0.1, 0.15) is 25.0 Å². The van der Waals surface area contributed by atoms with Crippen LogP contribution in [0.4, 0.5) is 41.6 Å². The molecule has 0 spiro atoms. The number of nitrogens with zero attached hydrogens (tertiary/aromatic N) is 4. The van der Waals surface area contributed by atoms with Gasteiger partial charge in [0.1, 0.15) is 29.3 Å². The number of anilines is 3. The molecular weight excluding hydrogens is 873 g/mol. The number of halogens is 4. The minimum Gasteiger partial charge on any atom is -0.404 e. The Balaban J connectivity index is 1.79. The number of nitriles is 1. The molecule has 15 heteroatoms. The lowest BCUT2D eigenvalue weighted by Gasteiger charge is -2.21. The molecular formula is C50H24ClF3N6O4S. The maximum atomic E-state index is 16.0. The van der Waals surface area contributed by atoms with Crippen LogP contribution >= 0.6 is 11.6 Å². The van der Waals surface area contributed by atoms with Gasteiger partial charge in [-0.15, -0.1) is 6.42 Å². The Hall–Kier alpha value is -9.53. The zero-order valence-corrected chi connectivity index (χ0v) is 35.3. The van der Waals surface area contributed by atoms with Crippen molar-refractivity contribution in [1.29, 1.82) is 5.26 Å². The Morgan fingerprint density at radius 3 is 1.92 bits per heavy atom. The molecule has 2 N–H and O–H groups in total. The minimum absolute atomic E-state index is 0.0124. The van der Waals surface area contributed by atoms with Crippen LogP contribution in [0.25, 0.3) is 4.85 Å². The number of nitrogens with one attached hydrogen (secondary N) is 2. The quantitative estimate of drug-likeness (QED) is 0.0909. The van der Waals surface area contributed by atoms with Crippen molar-refractivity contribution in [1.82, 2.24) is 0 Å². The van der Waals surface area contributed by atoms with Gasteiger partial charge < -0.3 is 15.0 Å². The van der Waals surface area contributed by atoms with E-state index < -0.39 is 66.5 Å². The zero-order valence-electron chi connectivity index (χ0n) is 33.7. The third kappa shape index (κ3) is 13.2. The Labute approximate surface area is 379 Å². The van der Waals surface area contributed by atoms with Gasteiger partial charge in [-0.05, 0) is 116 Å². The van der Waals surface area contributed by atoms with Crippen molar-refractivity contribution in [2.24, 2.45) is 4.99 Å². The summed E-state index contributed by atoms with van der Waals surface area (Å²) in [5, 5.41) is 12.0. The Morgan fingerprint density at radius 1 is 0.815 bits per heavy atom. The fraction of sp³-hybridized carbons (Fsp3) is 0.0800. The highest BCUT2D eigenvalue weighted by molar-refractivity contribution is 7.92. The second-order valence-electron chi connectivity index (χ2n) is 11.8. The molecule has 0 heterocycles. The standard InChI is InChI=1S/C50H24ClF3N6O4S/c1-5-8-9-10-11-12-13-14-15-16-17-18-19-20-21-24-33-64-43-32-31-38(65(62,63)59-41-26-23-22-25-40(41)51)34-42(43)58-50(61)48(57-36-27-29-37(30-28-36)60(6-2)7-3)44-45(52)39(35-55)46(53)49(56-4)47(44)54/h1,22-23,25-32,34,59H,6-7H2,2-3H3,(H,58,61). The summed E-state index contributed by atoms with van der Waals surface area (Å²) in [6.45, 7) is 12.5. The number of ether oxygens (including phenoxy) is 1. The van der Waals surface area contributed by atoms with Gasteiger partial charge in [0.2, 0.25) is 0 Å². The lowest BCUT2D eigenvalue weighted by atomic mass is 10.0. The van der Waals surface area contributed by atoms with Gasteiger partial charge in [-0.25, -0.2) is 31.4 Å². The van der Waals surface area contributed by atoms with Crippen LogP contribution in [0.3, 0.4) is 0 Å². The third-order valence-corrected chi connectivity index (χ3v) is 9.67. The van der Waals surface area contributed by atoms with Crippen LogP contribution in [0.5, 0.6) is 5.75 Å². The molecule has 0 fully saturated rings. The predicted molar refractivity (Wildman–Crippen MR) is 242 cm³/mol. The topological polar surface area (TPSA) is 128 Å². The molecule has 4 aromatic rings. The Morgan fingerprint density at radius 2 is 1.38 bits per heavy atom. The molecule has 0 unspecified atom stereocenters. The number of terminal acetylenes is 1. The molecule has 312 valence electrons. The number of rotatable bonds is 11. The molecule has 0 saturated carbocycles. The third-order valence-electron chi connectivity index (χ3n) is 7.98. The lowest BCUT2D eigenvalue weighted by Crippen LogP contribution is -2.27. The summed E-state index contributed by atoms with van der Waals surface area (Å²) < 4.78 is 81.8. The van der Waals surface area contributed by atoms with Crippen molar-refractivity contribution in [3.8, 4) is 119 Å². The van der Waals surface area contributed by atoms with Gasteiger partial charge in [-0.3, -0.25) is 9.52 Å². The zero-order chi connectivity index (χ0) is 47.2. The van der Waals surface area contributed by atoms with E-state index in [1.165, 1.54) is 36.4 Å². The molecule has 0 saturated heterocycles. The monoisotopic (exact) mass is 896 g/mol. The largest absolute Gasteiger partial charge is 0.404 e. The smallest absolute Gasteiger partial charge is 0.275 e. The highest BCUT2D eigenvalue weighted by Crippen LogP contribution is 2.34. The van der Waals surface area contributed by atoms with Crippen LogP contribution in [0.15, 0.2) is 76.6 Å². The Bertz CT molecular complexity index is 3360. The van der Waals surface area contributed by atoms with Crippen LogP contribution in [-0.2, 0) is 14.8 Å². The van der Waals surface area contributed by atoms with E-state index in [-0.39, 0.29) is 22.1 Å². The molecule has 0 radical (unpaired) electrons. The summed E-state index contributed by atoms with van der Waals surface area (Å²) >= 11 is 6.18. The van der Waals surface area contributed by atoms with Gasteiger partial charge >= 0.3 is 0 Å². The van der Waals surface area contributed by atoms with Crippen molar-refractivity contribution in [3.63, 3.8) is 0 Å². The SMILES string of the molecule is [C-]#[N+]c1c(F)c(C#N)c(F)c(C(=Nc2ccc(N(CC)CC)cc2)C(=O)Nc2cc(S(=O)(=O)Nc3ccccc3Cl)ccc2OC#CC#CC#CC#CC#CC#CC#CC#CC#C)c1F. The molecule has 0 aliphatic rings. The summed E-state index contributed by atoms with van der Waals surface area (Å²) in [5.41, 5.74) is -4.83. The molecule has 0 bridgehead atoms. The van der Waals surface area contributed by atoms with Crippen molar-refractivity contribution in [3.05, 3.63) is 112 Å². The number of carbonyl (C=O) groups is 1. The molecule has 65 heavy (non-hydrogen) atoms. The van der Waals surface area contributed by atoms with Crippen LogP contribution < -0.4 is 19.7 Å². The van der Waals surface area contributed by atoms with E-state index in [0.717, 1.165) is 23.9 Å². The van der Waals surface area contributed by atoms with E-state index in [1.54, 1.807) is 18.2 Å². The van der Waals surface area contributed by atoms with Gasteiger partial charge in [0.05, 0.1) is 39.1 Å². The summed E-state index contributed by atoms with van der Waals surface area (Å²) in [5.74, 6) is 31.0. The highest BCUT2D eigenvalue weighted by Gasteiger charge is 2.32. The fourth-order valence-corrected chi connectivity index (χ4v) is 6.42. The number of para-hydroxylation sites is 1. The van der Waals surface area contributed by atoms with Crippen LogP contribution in [-0.4, -0.2) is 33.1 Å². The first-order valence-corrected chi connectivity index (χ1v) is 20.0. The second-order valence-corrected chi connectivity index (χ2v) is 13.9. The van der Waals surface area contributed by atoms with E-state index in [2.05, 4.69) is 121 Å². The molecule has 0 aliphatic heterocycles. The molecule has 1 amide bonds. The van der Waals surface area contributed by atoms with Gasteiger partial charge in [0, 0.05) is 66.1 Å². The average Bonchev–Trinajstić information content (AvgIpc) is 3.29. The number of amides is 1. The first kappa shape index (κ1) is 48.1. The summed E-state index contributed by atoms with van der Waals surface area (Å²) in [7, 11) is -4.46. The van der Waals surface area contributed by atoms with E-state index in [4.69, 9.17) is 29.3 Å². The molecule has 4 aromatic carbocycles. The van der Waals surface area contributed by atoms with Crippen molar-refractivity contribution >= 4 is 61.7 Å². The van der Waals surface area contributed by atoms with Crippen molar-refractivity contribution in [2.75, 3.05) is 28.0 Å². The molecule has 0 aliphatic carbocycles. The number of sulfonamides is 1. The number of hydrogen-bond donors (Lipinski definition) is 2. The van der Waals surface area contributed by atoms with E-state index in [1.807, 2.05) is 18.7 Å². The van der Waals surface area contributed by atoms with Gasteiger partial charge in [-0.1, -0.05) is 23.7 Å². The van der Waals surface area contributed by atoms with Gasteiger partial charge in [0.15, 0.2) is 17.4 Å². The normalized spacial score (nSPS) is 9.37. The lowest BCUT2D eigenvalue weighted by molar-refractivity contribution is -0.110. The van der Waals surface area contributed by atoms with E-state index in [0.29, 0.717) is 13.1 Å².